The highest BCUT2D eigenvalue weighted by atomic mass is 35.5. The van der Waals surface area contributed by atoms with Gasteiger partial charge in [-0.15, -0.1) is 0 Å². The summed E-state index contributed by atoms with van der Waals surface area (Å²) in [6.07, 6.45) is 6.87. The van der Waals surface area contributed by atoms with E-state index in [1.807, 2.05) is 30.0 Å². The predicted molar refractivity (Wildman–Crippen MR) is 142 cm³/mol. The molecule has 10 heteroatoms. The third-order valence-corrected chi connectivity index (χ3v) is 7.29. The molecule has 192 valence electrons. The second-order valence-electron chi connectivity index (χ2n) is 9.18. The summed E-state index contributed by atoms with van der Waals surface area (Å²) in [5, 5.41) is 3.25. The lowest BCUT2D eigenvalue weighted by Gasteiger charge is -2.31. The van der Waals surface area contributed by atoms with E-state index < -0.39 is 5.82 Å². The Morgan fingerprint density at radius 3 is 2.73 bits per heavy atom. The molecule has 4 aromatic rings. The molecule has 1 aliphatic rings. The summed E-state index contributed by atoms with van der Waals surface area (Å²) >= 11 is 6.30. The average Bonchev–Trinajstić information content (AvgIpc) is 3.35. The molecule has 3 N–H and O–H groups in total. The van der Waals surface area contributed by atoms with Crippen molar-refractivity contribution in [2.75, 3.05) is 32.1 Å². The van der Waals surface area contributed by atoms with Crippen molar-refractivity contribution in [2.45, 2.75) is 19.8 Å². The largest absolute Gasteiger partial charge is 0.494 e. The standard InChI is InChI=1S/C27H28ClFN6O2/c1-16-13-18(3-4-19(16)27(36)34-10-7-17(14-30)8-11-34)33-25-26-32-15-21(35(26)12-9-31-25)20-5-6-22(37-2)24(29)23(20)28/h3-6,9,12-13,15,17H,7-8,10-11,14,30H2,1-2H3,(H,31,33). The fourth-order valence-electron chi connectivity index (χ4n) is 4.75. The fourth-order valence-corrected chi connectivity index (χ4v) is 5.01. The number of halogens is 2. The van der Waals surface area contributed by atoms with E-state index in [-0.39, 0.29) is 16.7 Å². The number of amides is 1. The van der Waals surface area contributed by atoms with Gasteiger partial charge >= 0.3 is 0 Å². The first-order valence-corrected chi connectivity index (χ1v) is 12.5. The third kappa shape index (κ3) is 4.72. The molecule has 37 heavy (non-hydrogen) atoms. The molecule has 0 unspecified atom stereocenters. The quantitative estimate of drug-likeness (QED) is 0.367. The van der Waals surface area contributed by atoms with Crippen LogP contribution in [0.2, 0.25) is 5.02 Å². The third-order valence-electron chi connectivity index (χ3n) is 6.93. The van der Waals surface area contributed by atoms with Crippen molar-refractivity contribution in [3.8, 4) is 17.0 Å². The number of aromatic nitrogens is 3. The highest BCUT2D eigenvalue weighted by molar-refractivity contribution is 6.33. The van der Waals surface area contributed by atoms with Gasteiger partial charge in [0.25, 0.3) is 5.91 Å². The number of likely N-dealkylation sites (tertiary alicyclic amines) is 1. The molecule has 1 aliphatic heterocycles. The molecule has 1 amide bonds. The molecule has 8 nitrogen and oxygen atoms in total. The Morgan fingerprint density at radius 1 is 1.24 bits per heavy atom. The van der Waals surface area contributed by atoms with Gasteiger partial charge in [-0.1, -0.05) is 11.6 Å². The van der Waals surface area contributed by atoms with Gasteiger partial charge in [0.1, 0.15) is 0 Å². The summed E-state index contributed by atoms with van der Waals surface area (Å²) in [7, 11) is 1.39. The van der Waals surface area contributed by atoms with E-state index >= 15 is 0 Å². The molecular weight excluding hydrogens is 495 g/mol. The van der Waals surface area contributed by atoms with Crippen molar-refractivity contribution in [3.63, 3.8) is 0 Å². The second kappa shape index (κ2) is 10.4. The number of nitrogens with zero attached hydrogens (tertiary/aromatic N) is 4. The maximum atomic E-state index is 14.6. The van der Waals surface area contributed by atoms with Crippen molar-refractivity contribution >= 4 is 34.7 Å². The minimum atomic E-state index is -0.627. The number of rotatable bonds is 6. The van der Waals surface area contributed by atoms with Crippen molar-refractivity contribution in [1.29, 1.82) is 0 Å². The smallest absolute Gasteiger partial charge is 0.254 e. The number of benzene rings is 2. The summed E-state index contributed by atoms with van der Waals surface area (Å²) in [5.74, 6) is 0.499. The number of piperidine rings is 1. The van der Waals surface area contributed by atoms with Gasteiger partial charge in [0.05, 0.1) is 24.0 Å². The number of methoxy groups -OCH3 is 1. The molecule has 0 spiro atoms. The number of imidazole rings is 1. The van der Waals surface area contributed by atoms with Crippen LogP contribution in [0, 0.1) is 18.7 Å². The molecule has 0 radical (unpaired) electrons. The van der Waals surface area contributed by atoms with E-state index in [9.17, 15) is 9.18 Å². The van der Waals surface area contributed by atoms with Crippen molar-refractivity contribution in [3.05, 3.63) is 70.9 Å². The van der Waals surface area contributed by atoms with Gasteiger partial charge in [-0.3, -0.25) is 9.20 Å². The van der Waals surface area contributed by atoms with Gasteiger partial charge in [-0.25, -0.2) is 14.4 Å². The topological polar surface area (TPSA) is 97.8 Å². The molecule has 5 rings (SSSR count). The lowest BCUT2D eigenvalue weighted by atomic mass is 9.96. The zero-order chi connectivity index (χ0) is 26.1. The summed E-state index contributed by atoms with van der Waals surface area (Å²) < 4.78 is 21.4. The van der Waals surface area contributed by atoms with Gasteiger partial charge < -0.3 is 20.7 Å². The molecule has 0 bridgehead atoms. The minimum Gasteiger partial charge on any atom is -0.494 e. The first kappa shape index (κ1) is 25.0. The zero-order valence-corrected chi connectivity index (χ0v) is 21.4. The Kier molecular flexibility index (Phi) is 6.99. The molecule has 0 saturated carbocycles. The summed E-state index contributed by atoms with van der Waals surface area (Å²) in [4.78, 5) is 23.9. The van der Waals surface area contributed by atoms with E-state index in [2.05, 4.69) is 15.3 Å². The molecule has 1 fully saturated rings. The van der Waals surface area contributed by atoms with Gasteiger partial charge in [-0.05, 0) is 68.1 Å². The molecule has 0 aliphatic carbocycles. The number of hydrogen-bond acceptors (Lipinski definition) is 6. The van der Waals surface area contributed by atoms with E-state index in [0.29, 0.717) is 40.7 Å². The highest BCUT2D eigenvalue weighted by Crippen LogP contribution is 2.35. The van der Waals surface area contributed by atoms with Crippen LogP contribution in [-0.4, -0.2) is 51.9 Å². The molecule has 1 saturated heterocycles. The number of nitrogens with one attached hydrogen (secondary N) is 1. The zero-order valence-electron chi connectivity index (χ0n) is 20.7. The van der Waals surface area contributed by atoms with E-state index in [0.717, 1.165) is 37.2 Å². The maximum absolute atomic E-state index is 14.6. The number of anilines is 2. The van der Waals surface area contributed by atoms with Crippen molar-refractivity contribution in [2.24, 2.45) is 11.7 Å². The van der Waals surface area contributed by atoms with Crippen molar-refractivity contribution in [1.82, 2.24) is 19.3 Å². The Bertz CT molecular complexity index is 1470. The molecule has 2 aromatic heterocycles. The van der Waals surface area contributed by atoms with Crippen LogP contribution < -0.4 is 15.8 Å². The van der Waals surface area contributed by atoms with Crippen LogP contribution in [0.3, 0.4) is 0 Å². The monoisotopic (exact) mass is 522 g/mol. The Hall–Kier alpha value is -3.69. The van der Waals surface area contributed by atoms with Crippen molar-refractivity contribution < 1.29 is 13.9 Å². The number of carbonyl (C=O) groups excluding carboxylic acids is 1. The van der Waals surface area contributed by atoms with Gasteiger partial charge in [0.15, 0.2) is 23.0 Å². The number of fused-ring (bicyclic) bond motifs is 1. The van der Waals surface area contributed by atoms with Gasteiger partial charge in [-0.2, -0.15) is 0 Å². The molecule has 2 aromatic carbocycles. The Morgan fingerprint density at radius 2 is 2.03 bits per heavy atom. The molecule has 0 atom stereocenters. The van der Waals surface area contributed by atoms with Crippen LogP contribution in [0.4, 0.5) is 15.9 Å². The highest BCUT2D eigenvalue weighted by Gasteiger charge is 2.24. The molecule has 3 heterocycles. The van der Waals surface area contributed by atoms with Gasteiger partial charge in [0.2, 0.25) is 0 Å². The van der Waals surface area contributed by atoms with Crippen LogP contribution >= 0.6 is 11.6 Å². The summed E-state index contributed by atoms with van der Waals surface area (Å²) in [5.41, 5.74) is 9.75. The fraction of sp³-hybridized carbons (Fsp3) is 0.296. The SMILES string of the molecule is COc1ccc(-c2cnc3c(Nc4ccc(C(=O)N5CCC(CN)CC5)c(C)c4)nccn23)c(Cl)c1F. The number of nitrogens with two attached hydrogens (primary N) is 1. The first-order valence-electron chi connectivity index (χ1n) is 12.1. The van der Waals surface area contributed by atoms with Gasteiger partial charge in [0, 0.05) is 42.3 Å². The van der Waals surface area contributed by atoms with Crippen LogP contribution in [0.15, 0.2) is 48.9 Å². The normalized spacial score (nSPS) is 14.2. The van der Waals surface area contributed by atoms with E-state index in [1.54, 1.807) is 29.1 Å². The van der Waals surface area contributed by atoms with E-state index in [1.165, 1.54) is 13.2 Å². The van der Waals surface area contributed by atoms with Crippen LogP contribution in [0.1, 0.15) is 28.8 Å². The summed E-state index contributed by atoms with van der Waals surface area (Å²) in [6.45, 7) is 4.06. The maximum Gasteiger partial charge on any atom is 0.254 e. The van der Waals surface area contributed by atoms with Crippen LogP contribution in [-0.2, 0) is 0 Å². The van der Waals surface area contributed by atoms with E-state index in [4.69, 9.17) is 22.1 Å². The average molecular weight is 523 g/mol. The minimum absolute atomic E-state index is 0.0428. The second-order valence-corrected chi connectivity index (χ2v) is 9.56. The Balaban J connectivity index is 1.39. The Labute approximate surface area is 219 Å². The lowest BCUT2D eigenvalue weighted by molar-refractivity contribution is 0.0692. The van der Waals surface area contributed by atoms with Crippen LogP contribution in [0.5, 0.6) is 5.75 Å². The van der Waals surface area contributed by atoms with Crippen LogP contribution in [0.25, 0.3) is 16.9 Å². The number of carbonyl (C=O) groups is 1. The predicted octanol–water partition coefficient (Wildman–Crippen LogP) is 5.06. The first-order chi connectivity index (χ1) is 17.9. The number of hydrogen-bond donors (Lipinski definition) is 2. The number of ether oxygens (including phenoxy) is 1. The molecular formula is C27H28ClFN6O2. The number of aryl methyl sites for hydroxylation is 1. The summed E-state index contributed by atoms with van der Waals surface area (Å²) in [6, 6.07) is 8.84. The lowest BCUT2D eigenvalue weighted by Crippen LogP contribution is -2.40.